The summed E-state index contributed by atoms with van der Waals surface area (Å²) in [6.07, 6.45) is 2.58. The summed E-state index contributed by atoms with van der Waals surface area (Å²) in [4.78, 5) is 11.3. The quantitative estimate of drug-likeness (QED) is 0.809. The van der Waals surface area contributed by atoms with Crippen LogP contribution in [0.3, 0.4) is 0 Å². The van der Waals surface area contributed by atoms with Crippen molar-refractivity contribution in [2.45, 2.75) is 15.9 Å². The Balaban J connectivity index is 1.83. The summed E-state index contributed by atoms with van der Waals surface area (Å²) in [6.45, 7) is 0. The molecule has 0 bridgehead atoms. The Morgan fingerprint density at radius 1 is 1.28 bits per heavy atom. The summed E-state index contributed by atoms with van der Waals surface area (Å²) in [5.74, 6) is 1.57. The monoisotopic (exact) mass is 397 g/mol. The second-order valence-electron chi connectivity index (χ2n) is 5.69. The first-order valence-electron chi connectivity index (χ1n) is 7.69. The van der Waals surface area contributed by atoms with E-state index in [9.17, 15) is 13.2 Å². The number of aromatic nitrogens is 1. The number of thioether (sulfide) groups is 2. The summed E-state index contributed by atoms with van der Waals surface area (Å²) >= 11 is 3.76. The van der Waals surface area contributed by atoms with Crippen molar-refractivity contribution in [3.63, 3.8) is 0 Å². The van der Waals surface area contributed by atoms with Crippen LogP contribution in [0.15, 0.2) is 41.4 Å². The highest BCUT2D eigenvalue weighted by Crippen LogP contribution is 2.44. The number of aryl methyl sites for hydroxylation is 1. The molecule has 0 atom stereocenters. The molecule has 134 valence electrons. The first-order chi connectivity index (χ1) is 11.9. The molecule has 9 heteroatoms. The summed E-state index contributed by atoms with van der Waals surface area (Å²) in [7, 11) is -2.21. The third-order valence-corrected chi connectivity index (χ3v) is 8.14. The lowest BCUT2D eigenvalue weighted by Crippen LogP contribution is -2.14. The maximum absolute atomic E-state index is 12.6. The zero-order valence-electron chi connectivity index (χ0n) is 13.6. The molecule has 3 N–H and O–H groups in total. The summed E-state index contributed by atoms with van der Waals surface area (Å²) < 4.78 is 29.5. The maximum atomic E-state index is 12.6. The molecule has 0 saturated carbocycles. The average Bonchev–Trinajstić information content (AvgIpc) is 2.99. The Morgan fingerprint density at radius 2 is 2.00 bits per heavy atom. The van der Waals surface area contributed by atoms with Crippen LogP contribution < -0.4 is 10.5 Å². The van der Waals surface area contributed by atoms with Crippen molar-refractivity contribution in [3.05, 3.63) is 47.8 Å². The van der Waals surface area contributed by atoms with Gasteiger partial charge < -0.3 is 10.3 Å². The minimum atomic E-state index is -3.79. The first-order valence-corrected chi connectivity index (χ1v) is 11.3. The Labute approximate surface area is 155 Å². The van der Waals surface area contributed by atoms with E-state index in [-0.39, 0.29) is 10.6 Å². The second-order valence-corrected chi connectivity index (χ2v) is 10.1. The highest BCUT2D eigenvalue weighted by Gasteiger charge is 2.21. The summed E-state index contributed by atoms with van der Waals surface area (Å²) in [5.41, 5.74) is 7.00. The lowest BCUT2D eigenvalue weighted by Gasteiger charge is -2.21. The number of nitrogens with zero attached hydrogens (tertiary/aromatic N) is 1. The van der Waals surface area contributed by atoms with Crippen molar-refractivity contribution in [2.24, 2.45) is 12.8 Å². The number of primary amides is 1. The van der Waals surface area contributed by atoms with Crippen LogP contribution in [0.1, 0.15) is 27.1 Å². The van der Waals surface area contributed by atoms with E-state index in [1.54, 1.807) is 13.1 Å². The number of nitrogens with one attached hydrogen (secondary N) is 1. The lowest BCUT2D eigenvalue weighted by atomic mass is 10.2. The highest BCUT2D eigenvalue weighted by molar-refractivity contribution is 8.16. The van der Waals surface area contributed by atoms with Gasteiger partial charge in [-0.25, -0.2) is 8.42 Å². The Morgan fingerprint density at radius 3 is 2.64 bits per heavy atom. The maximum Gasteiger partial charge on any atom is 0.265 e. The number of sulfonamides is 1. The van der Waals surface area contributed by atoms with E-state index < -0.39 is 15.9 Å². The number of carbonyl (C=O) groups excluding carboxylic acids is 1. The molecule has 1 aromatic carbocycles. The lowest BCUT2D eigenvalue weighted by molar-refractivity contribution is 0.0992. The third-order valence-electron chi connectivity index (χ3n) is 3.78. The van der Waals surface area contributed by atoms with Crippen molar-refractivity contribution >= 4 is 45.1 Å². The molecule has 2 heterocycles. The van der Waals surface area contributed by atoms with Crippen molar-refractivity contribution in [1.82, 2.24) is 4.57 Å². The van der Waals surface area contributed by atoms with E-state index in [0.717, 1.165) is 17.1 Å². The molecular formula is C16H19N3O3S3. The van der Waals surface area contributed by atoms with E-state index in [4.69, 9.17) is 5.73 Å². The van der Waals surface area contributed by atoms with Crippen molar-refractivity contribution in [2.75, 3.05) is 16.2 Å². The number of anilines is 1. The van der Waals surface area contributed by atoms with E-state index in [2.05, 4.69) is 4.72 Å². The van der Waals surface area contributed by atoms with Crippen LogP contribution >= 0.6 is 23.5 Å². The van der Waals surface area contributed by atoms with Gasteiger partial charge in [-0.1, -0.05) is 12.1 Å². The molecular weight excluding hydrogens is 378 g/mol. The van der Waals surface area contributed by atoms with Gasteiger partial charge in [-0.15, -0.1) is 23.5 Å². The molecule has 1 amide bonds. The van der Waals surface area contributed by atoms with Gasteiger partial charge in [0, 0.05) is 18.9 Å². The largest absolute Gasteiger partial charge is 0.364 e. The number of hydrogen-bond donors (Lipinski definition) is 2. The fraction of sp³-hybridized carbons (Fsp3) is 0.312. The van der Waals surface area contributed by atoms with Crippen LogP contribution in [0.5, 0.6) is 0 Å². The van der Waals surface area contributed by atoms with Crippen LogP contribution in [0.4, 0.5) is 5.69 Å². The minimum absolute atomic E-state index is 0.00983. The van der Waals surface area contributed by atoms with Crippen molar-refractivity contribution in [1.29, 1.82) is 0 Å². The minimum Gasteiger partial charge on any atom is -0.364 e. The smallest absolute Gasteiger partial charge is 0.265 e. The highest BCUT2D eigenvalue weighted by atomic mass is 32.2. The molecule has 2 aromatic rings. The van der Waals surface area contributed by atoms with Crippen molar-refractivity contribution < 1.29 is 13.2 Å². The molecule has 0 radical (unpaired) electrons. The van der Waals surface area contributed by atoms with Gasteiger partial charge in [-0.3, -0.25) is 9.52 Å². The summed E-state index contributed by atoms with van der Waals surface area (Å²) in [5, 5.41) is 0. The molecule has 0 unspecified atom stereocenters. The van der Waals surface area contributed by atoms with Crippen LogP contribution in [0, 0.1) is 0 Å². The number of benzene rings is 1. The molecule has 6 nitrogen and oxygen atoms in total. The Kier molecular flexibility index (Phi) is 5.35. The van der Waals surface area contributed by atoms with Crippen LogP contribution in [-0.4, -0.2) is 30.4 Å². The molecule has 3 rings (SSSR count). The van der Waals surface area contributed by atoms with Gasteiger partial charge >= 0.3 is 0 Å². The molecule has 0 spiro atoms. The third kappa shape index (κ3) is 4.16. The van der Waals surface area contributed by atoms with Gasteiger partial charge in [0.25, 0.3) is 15.9 Å². The molecule has 1 fully saturated rings. The van der Waals surface area contributed by atoms with Gasteiger partial charge in [-0.05, 0) is 41.7 Å². The predicted octanol–water partition coefficient (Wildman–Crippen LogP) is 2.79. The fourth-order valence-electron chi connectivity index (χ4n) is 2.57. The van der Waals surface area contributed by atoms with Crippen LogP contribution in [0.25, 0.3) is 0 Å². The van der Waals surface area contributed by atoms with E-state index in [1.807, 2.05) is 41.7 Å². The number of carbonyl (C=O) groups is 1. The topological polar surface area (TPSA) is 94.2 Å². The van der Waals surface area contributed by atoms with Crippen LogP contribution in [-0.2, 0) is 17.1 Å². The molecule has 0 aliphatic carbocycles. The zero-order chi connectivity index (χ0) is 18.0. The van der Waals surface area contributed by atoms with Gasteiger partial charge in [0.2, 0.25) is 0 Å². The Bertz CT molecular complexity index is 887. The molecule has 25 heavy (non-hydrogen) atoms. The van der Waals surface area contributed by atoms with Gasteiger partial charge in [0.05, 0.1) is 4.58 Å². The zero-order valence-corrected chi connectivity index (χ0v) is 16.1. The number of rotatable bonds is 5. The normalized spacial score (nSPS) is 15.9. The first kappa shape index (κ1) is 18.2. The molecule has 1 saturated heterocycles. The van der Waals surface area contributed by atoms with E-state index >= 15 is 0 Å². The summed E-state index contributed by atoms with van der Waals surface area (Å²) in [6, 6.07) is 8.73. The van der Waals surface area contributed by atoms with Gasteiger partial charge in [-0.2, -0.15) is 0 Å². The van der Waals surface area contributed by atoms with Crippen LogP contribution in [0.2, 0.25) is 0 Å². The predicted molar refractivity (Wildman–Crippen MR) is 103 cm³/mol. The van der Waals surface area contributed by atoms with Gasteiger partial charge in [0.1, 0.15) is 10.6 Å². The SMILES string of the molecule is Cn1cc(S(=O)(=O)Nc2cccc(C3SCCCS3)c2)cc1C(N)=O. The number of nitrogens with two attached hydrogens (primary N) is 1. The molecule has 1 aromatic heterocycles. The molecule has 1 aliphatic rings. The molecule has 1 aliphatic heterocycles. The number of amides is 1. The second kappa shape index (κ2) is 7.35. The fourth-order valence-corrected chi connectivity index (χ4v) is 6.56. The van der Waals surface area contributed by atoms with E-state index in [1.165, 1.54) is 23.3 Å². The van der Waals surface area contributed by atoms with E-state index in [0.29, 0.717) is 10.3 Å². The number of hydrogen-bond acceptors (Lipinski definition) is 5. The van der Waals surface area contributed by atoms with Gasteiger partial charge in [0.15, 0.2) is 0 Å². The Hall–Kier alpha value is -1.58. The average molecular weight is 398 g/mol. The van der Waals surface area contributed by atoms with Crippen molar-refractivity contribution in [3.8, 4) is 0 Å². The standard InChI is InChI=1S/C16H19N3O3S3/c1-19-10-13(9-14(19)15(17)20)25(21,22)18-12-5-2-4-11(8-12)16-23-6-3-7-24-16/h2,4-5,8-10,16,18H,3,6-7H2,1H3,(H2,17,20).